The van der Waals surface area contributed by atoms with Gasteiger partial charge in [-0.3, -0.25) is 4.79 Å². The van der Waals surface area contributed by atoms with Crippen molar-refractivity contribution >= 4 is 12.1 Å². The minimum absolute atomic E-state index is 0.0272. The van der Waals surface area contributed by atoms with Gasteiger partial charge in [0.05, 0.1) is 5.92 Å². The Bertz CT molecular complexity index is 341. The van der Waals surface area contributed by atoms with Crippen molar-refractivity contribution in [3.8, 4) is 0 Å². The molecule has 2 nitrogen and oxygen atoms in total. The van der Waals surface area contributed by atoms with Crippen LogP contribution in [0.3, 0.4) is 0 Å². The molecule has 60 valence electrons. The van der Waals surface area contributed by atoms with E-state index in [1.54, 1.807) is 6.07 Å². The number of Topliss-reactive ketones (excluding diaryl/α,β-unsaturated/α-hetero) is 1. The standard InChI is InChI=1S/C10H8O2/c11-6-8-5-7-3-1-2-4-9(7)10(8)12/h1-4,6,8H,5H2. The molecule has 0 bridgehead atoms. The average molecular weight is 160 g/mol. The Hall–Kier alpha value is -1.44. The van der Waals surface area contributed by atoms with Crippen molar-refractivity contribution in [2.45, 2.75) is 6.42 Å². The van der Waals surface area contributed by atoms with Crippen LogP contribution in [0.1, 0.15) is 15.9 Å². The molecule has 12 heavy (non-hydrogen) atoms. The molecule has 0 aliphatic heterocycles. The van der Waals surface area contributed by atoms with Gasteiger partial charge in [-0.15, -0.1) is 0 Å². The second-order valence-corrected chi connectivity index (χ2v) is 2.97. The van der Waals surface area contributed by atoms with E-state index in [1.807, 2.05) is 18.2 Å². The smallest absolute Gasteiger partial charge is 0.173 e. The Labute approximate surface area is 70.2 Å². The van der Waals surface area contributed by atoms with Crippen molar-refractivity contribution in [1.82, 2.24) is 0 Å². The van der Waals surface area contributed by atoms with Gasteiger partial charge in [-0.2, -0.15) is 0 Å². The molecule has 0 radical (unpaired) electrons. The SMILES string of the molecule is O=CC1Cc2ccccc2C1=O. The second-order valence-electron chi connectivity index (χ2n) is 2.97. The zero-order valence-electron chi connectivity index (χ0n) is 6.49. The van der Waals surface area contributed by atoms with Crippen LogP contribution in [0.25, 0.3) is 0 Å². The van der Waals surface area contributed by atoms with E-state index in [4.69, 9.17) is 0 Å². The topological polar surface area (TPSA) is 34.1 Å². The van der Waals surface area contributed by atoms with Gasteiger partial charge in [0.2, 0.25) is 0 Å². The maximum atomic E-state index is 11.4. The third kappa shape index (κ3) is 0.881. The van der Waals surface area contributed by atoms with Crippen molar-refractivity contribution in [2.24, 2.45) is 5.92 Å². The zero-order valence-corrected chi connectivity index (χ0v) is 6.49. The van der Waals surface area contributed by atoms with E-state index < -0.39 is 5.92 Å². The molecule has 1 aromatic carbocycles. The number of carbonyl (C=O) groups excluding carboxylic acids is 2. The lowest BCUT2D eigenvalue weighted by atomic mass is 10.1. The van der Waals surface area contributed by atoms with Crippen LogP contribution in [0.15, 0.2) is 24.3 Å². The molecule has 2 heteroatoms. The maximum absolute atomic E-state index is 11.4. The predicted octanol–water partition coefficient (Wildman–Crippen LogP) is 1.24. The number of hydrogen-bond acceptors (Lipinski definition) is 2. The first-order valence-corrected chi connectivity index (χ1v) is 3.90. The number of rotatable bonds is 1. The van der Waals surface area contributed by atoms with Crippen molar-refractivity contribution in [3.63, 3.8) is 0 Å². The van der Waals surface area contributed by atoms with Gasteiger partial charge < -0.3 is 4.79 Å². The predicted molar refractivity (Wildman–Crippen MR) is 44.0 cm³/mol. The van der Waals surface area contributed by atoms with E-state index in [0.29, 0.717) is 6.42 Å². The molecule has 0 N–H and O–H groups in total. The highest BCUT2D eigenvalue weighted by atomic mass is 16.1. The zero-order chi connectivity index (χ0) is 8.55. The van der Waals surface area contributed by atoms with E-state index >= 15 is 0 Å². The van der Waals surface area contributed by atoms with Crippen LogP contribution in [-0.2, 0) is 11.2 Å². The number of ketones is 1. The molecule has 0 aromatic heterocycles. The van der Waals surface area contributed by atoms with Crippen LogP contribution in [0.2, 0.25) is 0 Å². The number of benzene rings is 1. The summed E-state index contributed by atoms with van der Waals surface area (Å²) in [4.78, 5) is 21.9. The van der Waals surface area contributed by atoms with E-state index in [-0.39, 0.29) is 5.78 Å². The molecule has 1 aliphatic rings. The van der Waals surface area contributed by atoms with Gasteiger partial charge >= 0.3 is 0 Å². The lowest BCUT2D eigenvalue weighted by Crippen LogP contribution is -2.09. The van der Waals surface area contributed by atoms with E-state index in [2.05, 4.69) is 0 Å². The van der Waals surface area contributed by atoms with Gasteiger partial charge in [0.15, 0.2) is 5.78 Å². The molecule has 0 fully saturated rings. The first-order valence-electron chi connectivity index (χ1n) is 3.90. The lowest BCUT2D eigenvalue weighted by Gasteiger charge is -1.92. The summed E-state index contributed by atoms with van der Waals surface area (Å²) >= 11 is 0. The summed E-state index contributed by atoms with van der Waals surface area (Å²) in [6, 6.07) is 7.39. The van der Waals surface area contributed by atoms with Crippen LogP contribution in [-0.4, -0.2) is 12.1 Å². The highest BCUT2D eigenvalue weighted by Crippen LogP contribution is 2.24. The van der Waals surface area contributed by atoms with Gasteiger partial charge in [-0.1, -0.05) is 24.3 Å². The largest absolute Gasteiger partial charge is 0.303 e. The van der Waals surface area contributed by atoms with Gasteiger partial charge in [-0.25, -0.2) is 0 Å². The molecule has 0 spiro atoms. The molecule has 0 saturated carbocycles. The summed E-state index contributed by atoms with van der Waals surface area (Å²) in [6.45, 7) is 0. The van der Waals surface area contributed by atoms with Crippen molar-refractivity contribution in [3.05, 3.63) is 35.4 Å². The summed E-state index contributed by atoms with van der Waals surface area (Å²) in [5, 5.41) is 0. The molecular weight excluding hydrogens is 152 g/mol. The van der Waals surface area contributed by atoms with E-state index in [9.17, 15) is 9.59 Å². The Balaban J connectivity index is 2.49. The molecule has 1 atom stereocenters. The fraction of sp³-hybridized carbons (Fsp3) is 0.200. The average Bonchev–Trinajstić information content (AvgIpc) is 2.44. The summed E-state index contributed by atoms with van der Waals surface area (Å²) in [6.07, 6.45) is 1.32. The minimum Gasteiger partial charge on any atom is -0.303 e. The van der Waals surface area contributed by atoms with E-state index in [1.165, 1.54) is 0 Å². The highest BCUT2D eigenvalue weighted by molar-refractivity contribution is 6.09. The van der Waals surface area contributed by atoms with Gasteiger partial charge in [0.25, 0.3) is 0 Å². The molecule has 0 saturated heterocycles. The molecule has 1 aromatic rings. The highest BCUT2D eigenvalue weighted by Gasteiger charge is 2.29. The number of fused-ring (bicyclic) bond motifs is 1. The number of aldehydes is 1. The fourth-order valence-corrected chi connectivity index (χ4v) is 1.58. The molecule has 2 rings (SSSR count). The first kappa shape index (κ1) is 7.22. The van der Waals surface area contributed by atoms with Crippen LogP contribution in [0.4, 0.5) is 0 Å². The second kappa shape index (κ2) is 2.55. The van der Waals surface area contributed by atoms with Crippen LogP contribution < -0.4 is 0 Å². The van der Waals surface area contributed by atoms with E-state index in [0.717, 1.165) is 17.4 Å². The molecular formula is C10H8O2. The molecule has 1 unspecified atom stereocenters. The third-order valence-corrected chi connectivity index (χ3v) is 2.22. The Morgan fingerprint density at radius 2 is 2.08 bits per heavy atom. The van der Waals surface area contributed by atoms with Gasteiger partial charge in [-0.05, 0) is 12.0 Å². The number of carbonyl (C=O) groups is 2. The Morgan fingerprint density at radius 1 is 1.33 bits per heavy atom. The fourth-order valence-electron chi connectivity index (χ4n) is 1.58. The first-order chi connectivity index (χ1) is 5.83. The monoisotopic (exact) mass is 160 g/mol. The van der Waals surface area contributed by atoms with Crippen molar-refractivity contribution in [2.75, 3.05) is 0 Å². The third-order valence-electron chi connectivity index (χ3n) is 2.22. The van der Waals surface area contributed by atoms with Crippen molar-refractivity contribution in [1.29, 1.82) is 0 Å². The normalized spacial score (nSPS) is 20.7. The summed E-state index contributed by atoms with van der Waals surface area (Å²) in [5.74, 6) is -0.456. The summed E-state index contributed by atoms with van der Waals surface area (Å²) in [5.41, 5.74) is 1.72. The van der Waals surface area contributed by atoms with Gasteiger partial charge in [0.1, 0.15) is 6.29 Å². The maximum Gasteiger partial charge on any atom is 0.173 e. The van der Waals surface area contributed by atoms with Crippen LogP contribution in [0.5, 0.6) is 0 Å². The number of hydrogen-bond donors (Lipinski definition) is 0. The summed E-state index contributed by atoms with van der Waals surface area (Å²) in [7, 11) is 0. The summed E-state index contributed by atoms with van der Waals surface area (Å²) < 4.78 is 0. The van der Waals surface area contributed by atoms with Crippen LogP contribution in [0, 0.1) is 5.92 Å². The van der Waals surface area contributed by atoms with Crippen molar-refractivity contribution < 1.29 is 9.59 Å². The van der Waals surface area contributed by atoms with Gasteiger partial charge in [0, 0.05) is 5.56 Å². The minimum atomic E-state index is -0.428. The molecule has 1 aliphatic carbocycles. The lowest BCUT2D eigenvalue weighted by molar-refractivity contribution is -0.109. The Kier molecular flexibility index (Phi) is 1.54. The Morgan fingerprint density at radius 3 is 2.75 bits per heavy atom. The molecule has 0 heterocycles. The van der Waals surface area contributed by atoms with Crippen LogP contribution >= 0.6 is 0 Å². The molecule has 0 amide bonds. The quantitative estimate of drug-likeness (QED) is 0.457.